The monoisotopic (exact) mass is 209 g/mol. The van der Waals surface area contributed by atoms with Crippen molar-refractivity contribution < 1.29 is 19.7 Å². The number of phenolic OH excluding ortho intramolecular Hbond substituents is 1. The van der Waals surface area contributed by atoms with E-state index in [2.05, 4.69) is 0 Å². The van der Waals surface area contributed by atoms with E-state index in [9.17, 15) is 9.90 Å². The van der Waals surface area contributed by atoms with Gasteiger partial charge in [0.2, 0.25) is 0 Å². The van der Waals surface area contributed by atoms with E-state index in [0.717, 1.165) is 0 Å². The molecule has 1 aromatic rings. The van der Waals surface area contributed by atoms with E-state index in [4.69, 9.17) is 9.84 Å². The van der Waals surface area contributed by atoms with Gasteiger partial charge >= 0.3 is 0 Å². The number of rotatable bonds is 4. The van der Waals surface area contributed by atoms with Crippen LogP contribution in [0.3, 0.4) is 0 Å². The summed E-state index contributed by atoms with van der Waals surface area (Å²) in [4.78, 5) is 11.0. The normalized spacial score (nSPS) is 14.5. The second kappa shape index (κ2) is 4.31. The molecule has 1 aromatic carbocycles. The van der Waals surface area contributed by atoms with E-state index in [1.807, 2.05) is 0 Å². The van der Waals surface area contributed by atoms with Gasteiger partial charge in [-0.25, -0.2) is 0 Å². The number of hydrogen-bond acceptors (Lipinski definition) is 4. The van der Waals surface area contributed by atoms with Crippen LogP contribution in [0.5, 0.6) is 5.75 Å². The van der Waals surface area contributed by atoms with Crippen LogP contribution in [0.25, 0.3) is 0 Å². The molecule has 82 valence electrons. The number of aromatic hydroxyl groups is 1. The number of carbonyl (C=O) groups is 1. The van der Waals surface area contributed by atoms with Gasteiger partial charge in [-0.1, -0.05) is 12.1 Å². The largest absolute Gasteiger partial charge is 0.547 e. The van der Waals surface area contributed by atoms with Crippen LogP contribution in [0.2, 0.25) is 0 Å². The first-order valence-corrected chi connectivity index (χ1v) is 4.65. The Bertz CT molecular complexity index is 344. The Labute approximate surface area is 88.1 Å². The van der Waals surface area contributed by atoms with Crippen molar-refractivity contribution in [2.45, 2.75) is 19.4 Å². The lowest BCUT2D eigenvalue weighted by Gasteiger charge is -2.30. The molecule has 1 unspecified atom stereocenters. The molecule has 0 amide bonds. The number of aliphatic carboxylic acids is 1. The molecule has 1 rings (SSSR count). The average molecular weight is 209 g/mol. The lowest BCUT2D eigenvalue weighted by atomic mass is 9.96. The van der Waals surface area contributed by atoms with Crippen molar-refractivity contribution in [3.05, 3.63) is 29.8 Å². The Kier molecular flexibility index (Phi) is 3.31. The minimum atomic E-state index is -1.47. The lowest BCUT2D eigenvalue weighted by molar-refractivity contribution is -0.327. The fourth-order valence-corrected chi connectivity index (χ4v) is 1.33. The van der Waals surface area contributed by atoms with E-state index >= 15 is 0 Å². The maximum absolute atomic E-state index is 11.0. The number of carboxylic acids is 1. The molecule has 0 aliphatic rings. The summed E-state index contributed by atoms with van der Waals surface area (Å²) in [7, 11) is 0. The van der Waals surface area contributed by atoms with Crippen LogP contribution in [0.15, 0.2) is 24.3 Å². The Morgan fingerprint density at radius 2 is 2.00 bits per heavy atom. The molecule has 4 nitrogen and oxygen atoms in total. The topological polar surface area (TPSA) is 69.6 Å². The quantitative estimate of drug-likeness (QED) is 0.779. The van der Waals surface area contributed by atoms with Crippen LogP contribution in [0, 0.1) is 0 Å². The highest BCUT2D eigenvalue weighted by atomic mass is 16.5. The predicted molar refractivity (Wildman–Crippen MR) is 52.1 cm³/mol. The van der Waals surface area contributed by atoms with Gasteiger partial charge in [0.25, 0.3) is 0 Å². The zero-order chi connectivity index (χ0) is 11.5. The Morgan fingerprint density at radius 3 is 2.40 bits per heavy atom. The first kappa shape index (κ1) is 11.5. The molecule has 1 atom stereocenters. The third kappa shape index (κ3) is 2.27. The van der Waals surface area contributed by atoms with Crippen LogP contribution < -0.4 is 5.11 Å². The third-order valence-electron chi connectivity index (χ3n) is 2.24. The van der Waals surface area contributed by atoms with Crippen LogP contribution in [-0.2, 0) is 15.1 Å². The summed E-state index contributed by atoms with van der Waals surface area (Å²) >= 11 is 0. The Hall–Kier alpha value is -1.55. The number of carbonyl (C=O) groups excluding carboxylic acids is 1. The molecule has 0 fully saturated rings. The summed E-state index contributed by atoms with van der Waals surface area (Å²) in [6.45, 7) is 3.41. The summed E-state index contributed by atoms with van der Waals surface area (Å²) in [6.07, 6.45) is 0. The molecular weight excluding hydrogens is 196 g/mol. The molecule has 15 heavy (non-hydrogen) atoms. The Balaban J connectivity index is 3.09. The minimum Gasteiger partial charge on any atom is -0.547 e. The molecule has 0 radical (unpaired) electrons. The van der Waals surface area contributed by atoms with Crippen molar-refractivity contribution in [1.29, 1.82) is 0 Å². The van der Waals surface area contributed by atoms with Crippen molar-refractivity contribution >= 4 is 5.97 Å². The number of ether oxygens (including phenoxy) is 1. The SMILES string of the molecule is CCOC(C)(C(=O)[O-])c1ccc(O)cc1. The molecule has 0 bridgehead atoms. The molecule has 0 saturated heterocycles. The standard InChI is InChI=1S/C11H14O4/c1-3-15-11(2,10(13)14)8-4-6-9(12)7-5-8/h4-7,12H,3H2,1-2H3,(H,13,14)/p-1. The fraction of sp³-hybridized carbons (Fsp3) is 0.364. The second-order valence-corrected chi connectivity index (χ2v) is 3.30. The number of phenols is 1. The summed E-state index contributed by atoms with van der Waals surface area (Å²) in [6, 6.07) is 5.83. The molecule has 4 heteroatoms. The van der Waals surface area contributed by atoms with Gasteiger partial charge in [0, 0.05) is 6.61 Å². The molecule has 0 aromatic heterocycles. The highest BCUT2D eigenvalue weighted by molar-refractivity contribution is 5.77. The van der Waals surface area contributed by atoms with Crippen molar-refractivity contribution in [3.8, 4) is 5.75 Å². The van der Waals surface area contributed by atoms with E-state index in [1.165, 1.54) is 31.2 Å². The van der Waals surface area contributed by atoms with Crippen molar-refractivity contribution in [2.24, 2.45) is 0 Å². The first-order valence-electron chi connectivity index (χ1n) is 4.65. The third-order valence-corrected chi connectivity index (χ3v) is 2.24. The first-order chi connectivity index (χ1) is 7.00. The van der Waals surface area contributed by atoms with Crippen molar-refractivity contribution in [1.82, 2.24) is 0 Å². The van der Waals surface area contributed by atoms with E-state index < -0.39 is 11.6 Å². The zero-order valence-corrected chi connectivity index (χ0v) is 8.69. The van der Waals surface area contributed by atoms with Gasteiger partial charge in [-0.3, -0.25) is 0 Å². The minimum absolute atomic E-state index is 0.0796. The summed E-state index contributed by atoms with van der Waals surface area (Å²) < 4.78 is 5.17. The number of carboxylic acid groups (broad SMARTS) is 1. The number of hydrogen-bond donors (Lipinski definition) is 1. The maximum Gasteiger partial charge on any atom is 0.129 e. The van der Waals surface area contributed by atoms with E-state index in [1.54, 1.807) is 6.92 Å². The van der Waals surface area contributed by atoms with Gasteiger partial charge in [0.05, 0.1) is 5.97 Å². The van der Waals surface area contributed by atoms with Crippen LogP contribution >= 0.6 is 0 Å². The molecule has 0 aliphatic carbocycles. The summed E-state index contributed by atoms with van der Waals surface area (Å²) in [5.41, 5.74) is -1.02. The maximum atomic E-state index is 11.0. The van der Waals surface area contributed by atoms with Gasteiger partial charge in [0.1, 0.15) is 11.4 Å². The fourth-order valence-electron chi connectivity index (χ4n) is 1.33. The molecule has 0 aliphatic heterocycles. The predicted octanol–water partition coefficient (Wildman–Crippen LogP) is 0.394. The zero-order valence-electron chi connectivity index (χ0n) is 8.69. The second-order valence-electron chi connectivity index (χ2n) is 3.30. The van der Waals surface area contributed by atoms with E-state index in [0.29, 0.717) is 5.56 Å². The van der Waals surface area contributed by atoms with Crippen LogP contribution in [0.1, 0.15) is 19.4 Å². The van der Waals surface area contributed by atoms with Gasteiger partial charge in [0.15, 0.2) is 0 Å². The molecule has 0 spiro atoms. The van der Waals surface area contributed by atoms with Crippen LogP contribution in [-0.4, -0.2) is 17.7 Å². The van der Waals surface area contributed by atoms with E-state index in [-0.39, 0.29) is 12.4 Å². The summed E-state index contributed by atoms with van der Waals surface area (Å²) in [5.74, 6) is -1.22. The van der Waals surface area contributed by atoms with Gasteiger partial charge in [-0.15, -0.1) is 0 Å². The molecule has 1 N–H and O–H groups in total. The van der Waals surface area contributed by atoms with Gasteiger partial charge < -0.3 is 19.7 Å². The molecule has 0 heterocycles. The summed E-state index contributed by atoms with van der Waals surface area (Å²) in [5, 5.41) is 20.1. The average Bonchev–Trinajstić information content (AvgIpc) is 2.18. The highest BCUT2D eigenvalue weighted by Gasteiger charge is 2.28. The molecule has 0 saturated carbocycles. The van der Waals surface area contributed by atoms with Crippen LogP contribution in [0.4, 0.5) is 0 Å². The number of benzene rings is 1. The van der Waals surface area contributed by atoms with Gasteiger partial charge in [-0.05, 0) is 31.5 Å². The molecular formula is C11H13O4-. The smallest absolute Gasteiger partial charge is 0.129 e. The van der Waals surface area contributed by atoms with Crippen molar-refractivity contribution in [2.75, 3.05) is 6.61 Å². The Morgan fingerprint density at radius 1 is 1.47 bits per heavy atom. The lowest BCUT2D eigenvalue weighted by Crippen LogP contribution is -2.45. The van der Waals surface area contributed by atoms with Crippen molar-refractivity contribution in [3.63, 3.8) is 0 Å². The highest BCUT2D eigenvalue weighted by Crippen LogP contribution is 2.26. The van der Waals surface area contributed by atoms with Gasteiger partial charge in [-0.2, -0.15) is 0 Å².